The lowest BCUT2D eigenvalue weighted by Crippen LogP contribution is -2.18. The van der Waals surface area contributed by atoms with E-state index < -0.39 is 9.84 Å². The van der Waals surface area contributed by atoms with E-state index in [9.17, 15) is 8.42 Å². The van der Waals surface area contributed by atoms with Gasteiger partial charge < -0.3 is 9.14 Å². The summed E-state index contributed by atoms with van der Waals surface area (Å²) in [6, 6.07) is 3.72. The van der Waals surface area contributed by atoms with E-state index in [1.54, 1.807) is 7.11 Å². The van der Waals surface area contributed by atoms with Crippen molar-refractivity contribution in [3.63, 3.8) is 0 Å². The van der Waals surface area contributed by atoms with E-state index in [2.05, 4.69) is 4.98 Å². The van der Waals surface area contributed by atoms with Gasteiger partial charge in [0, 0.05) is 18.8 Å². The SMILES string of the molecule is COc1cccn2cc(CC3CCCS3(=O)=O)nc12. The van der Waals surface area contributed by atoms with Gasteiger partial charge in [0.05, 0.1) is 23.8 Å². The molecule has 3 heterocycles. The zero-order chi connectivity index (χ0) is 13.5. The van der Waals surface area contributed by atoms with Crippen molar-refractivity contribution in [2.45, 2.75) is 24.5 Å². The van der Waals surface area contributed by atoms with Crippen LogP contribution in [0.25, 0.3) is 5.65 Å². The molecule has 0 saturated carbocycles. The van der Waals surface area contributed by atoms with Gasteiger partial charge in [-0.3, -0.25) is 0 Å². The molecular formula is C13H16N2O3S. The van der Waals surface area contributed by atoms with Crippen molar-refractivity contribution >= 4 is 15.5 Å². The average Bonchev–Trinajstić information content (AvgIpc) is 2.92. The number of sulfone groups is 1. The van der Waals surface area contributed by atoms with Crippen molar-refractivity contribution in [3.05, 3.63) is 30.2 Å². The van der Waals surface area contributed by atoms with Gasteiger partial charge in [0.25, 0.3) is 0 Å². The molecule has 19 heavy (non-hydrogen) atoms. The maximum Gasteiger partial charge on any atom is 0.179 e. The van der Waals surface area contributed by atoms with Crippen molar-refractivity contribution in [3.8, 4) is 5.75 Å². The number of pyridine rings is 1. The lowest BCUT2D eigenvalue weighted by Gasteiger charge is -2.05. The molecule has 102 valence electrons. The summed E-state index contributed by atoms with van der Waals surface area (Å²) in [5, 5.41) is -0.275. The van der Waals surface area contributed by atoms with Crippen LogP contribution in [0.15, 0.2) is 24.5 Å². The van der Waals surface area contributed by atoms with Crippen LogP contribution in [0.4, 0.5) is 0 Å². The van der Waals surface area contributed by atoms with Crippen molar-refractivity contribution in [2.24, 2.45) is 0 Å². The largest absolute Gasteiger partial charge is 0.493 e. The van der Waals surface area contributed by atoms with Gasteiger partial charge in [-0.2, -0.15) is 0 Å². The zero-order valence-electron chi connectivity index (χ0n) is 10.7. The number of nitrogens with zero attached hydrogens (tertiary/aromatic N) is 2. The Morgan fingerprint density at radius 3 is 3.05 bits per heavy atom. The summed E-state index contributed by atoms with van der Waals surface area (Å²) in [6.45, 7) is 0. The van der Waals surface area contributed by atoms with Gasteiger partial charge in [-0.05, 0) is 25.0 Å². The summed E-state index contributed by atoms with van der Waals surface area (Å²) in [5.74, 6) is 1.01. The van der Waals surface area contributed by atoms with E-state index >= 15 is 0 Å². The molecule has 1 aliphatic heterocycles. The van der Waals surface area contributed by atoms with E-state index in [1.165, 1.54) is 0 Å². The Balaban J connectivity index is 1.94. The van der Waals surface area contributed by atoms with Gasteiger partial charge in [0.2, 0.25) is 0 Å². The predicted molar refractivity (Wildman–Crippen MR) is 72.3 cm³/mol. The highest BCUT2D eigenvalue weighted by Gasteiger charge is 2.31. The van der Waals surface area contributed by atoms with Crippen LogP contribution >= 0.6 is 0 Å². The minimum absolute atomic E-state index is 0.275. The molecule has 3 rings (SSSR count). The van der Waals surface area contributed by atoms with Crippen molar-refractivity contribution in [1.29, 1.82) is 0 Å². The number of imidazole rings is 1. The summed E-state index contributed by atoms with van der Waals surface area (Å²) >= 11 is 0. The maximum atomic E-state index is 11.8. The summed E-state index contributed by atoms with van der Waals surface area (Å²) in [6.07, 6.45) is 5.77. The molecule has 0 bridgehead atoms. The predicted octanol–water partition coefficient (Wildman–Crippen LogP) is 1.46. The Morgan fingerprint density at radius 1 is 1.53 bits per heavy atom. The third-order valence-corrected chi connectivity index (χ3v) is 5.89. The number of aromatic nitrogens is 2. The summed E-state index contributed by atoms with van der Waals surface area (Å²) in [5.41, 5.74) is 1.54. The molecule has 2 aromatic heterocycles. The molecule has 0 aromatic carbocycles. The normalized spacial score (nSPS) is 21.8. The van der Waals surface area contributed by atoms with Crippen LogP contribution < -0.4 is 4.74 Å². The first-order valence-electron chi connectivity index (χ1n) is 6.32. The molecular weight excluding hydrogens is 264 g/mol. The fraction of sp³-hybridized carbons (Fsp3) is 0.462. The minimum atomic E-state index is -2.92. The number of ether oxygens (including phenoxy) is 1. The molecule has 0 spiro atoms. The Morgan fingerprint density at radius 2 is 2.37 bits per heavy atom. The Labute approximate surface area is 112 Å². The molecule has 0 radical (unpaired) electrons. The summed E-state index contributed by atoms with van der Waals surface area (Å²) in [7, 11) is -1.32. The molecule has 1 saturated heterocycles. The van der Waals surface area contributed by atoms with Crippen LogP contribution in [0.3, 0.4) is 0 Å². The van der Waals surface area contributed by atoms with Crippen LogP contribution in [-0.2, 0) is 16.3 Å². The third-order valence-electron chi connectivity index (χ3n) is 3.62. The van der Waals surface area contributed by atoms with Gasteiger partial charge >= 0.3 is 0 Å². The van der Waals surface area contributed by atoms with E-state index in [0.29, 0.717) is 17.9 Å². The smallest absolute Gasteiger partial charge is 0.179 e. The molecule has 6 heteroatoms. The van der Waals surface area contributed by atoms with Gasteiger partial charge in [-0.25, -0.2) is 13.4 Å². The van der Waals surface area contributed by atoms with E-state index in [-0.39, 0.29) is 5.25 Å². The number of rotatable bonds is 3. The topological polar surface area (TPSA) is 60.7 Å². The molecule has 5 nitrogen and oxygen atoms in total. The minimum Gasteiger partial charge on any atom is -0.493 e. The maximum absolute atomic E-state index is 11.8. The molecule has 1 atom stereocenters. The second kappa shape index (κ2) is 4.52. The standard InChI is InChI=1S/C13H16N2O3S/c1-18-12-5-2-6-15-9-10(14-13(12)15)8-11-4-3-7-19(11,16)17/h2,5-6,9,11H,3-4,7-8H2,1H3. The van der Waals surface area contributed by atoms with Crippen LogP contribution in [0.2, 0.25) is 0 Å². The summed E-state index contributed by atoms with van der Waals surface area (Å²) < 4.78 is 30.8. The first-order valence-corrected chi connectivity index (χ1v) is 8.04. The highest BCUT2D eigenvalue weighted by Crippen LogP contribution is 2.25. The van der Waals surface area contributed by atoms with E-state index in [4.69, 9.17) is 4.74 Å². The van der Waals surface area contributed by atoms with Gasteiger partial charge in [-0.15, -0.1) is 0 Å². The van der Waals surface area contributed by atoms with Crippen LogP contribution in [0.1, 0.15) is 18.5 Å². The molecule has 1 aliphatic rings. The fourth-order valence-electron chi connectivity index (χ4n) is 2.62. The molecule has 2 aromatic rings. The van der Waals surface area contributed by atoms with Gasteiger partial charge in [0.1, 0.15) is 0 Å². The second-order valence-corrected chi connectivity index (χ2v) is 7.28. The molecule has 0 N–H and O–H groups in total. The highest BCUT2D eigenvalue weighted by molar-refractivity contribution is 7.92. The number of hydrogen-bond acceptors (Lipinski definition) is 4. The molecule has 1 unspecified atom stereocenters. The van der Waals surface area contributed by atoms with Crippen LogP contribution in [0.5, 0.6) is 5.75 Å². The Kier molecular flexibility index (Phi) is 2.97. The average molecular weight is 280 g/mol. The molecule has 0 amide bonds. The van der Waals surface area contributed by atoms with Crippen molar-refractivity contribution < 1.29 is 13.2 Å². The van der Waals surface area contributed by atoms with Gasteiger partial charge in [-0.1, -0.05) is 0 Å². The fourth-order valence-corrected chi connectivity index (χ4v) is 4.47. The zero-order valence-corrected chi connectivity index (χ0v) is 11.6. The summed E-state index contributed by atoms with van der Waals surface area (Å²) in [4.78, 5) is 4.49. The molecule has 0 aliphatic carbocycles. The first-order chi connectivity index (χ1) is 9.10. The van der Waals surface area contributed by atoms with Gasteiger partial charge in [0.15, 0.2) is 21.2 Å². The van der Waals surface area contributed by atoms with Crippen LogP contribution in [-0.4, -0.2) is 35.9 Å². The van der Waals surface area contributed by atoms with Crippen molar-refractivity contribution in [1.82, 2.24) is 9.38 Å². The Bertz CT molecular complexity index is 706. The lowest BCUT2D eigenvalue weighted by molar-refractivity contribution is 0.417. The number of fused-ring (bicyclic) bond motifs is 1. The Hall–Kier alpha value is -1.56. The van der Waals surface area contributed by atoms with Crippen LogP contribution in [0, 0.1) is 0 Å². The van der Waals surface area contributed by atoms with E-state index in [1.807, 2.05) is 28.9 Å². The third kappa shape index (κ3) is 2.20. The second-order valence-electron chi connectivity index (χ2n) is 4.88. The van der Waals surface area contributed by atoms with E-state index in [0.717, 1.165) is 24.2 Å². The number of hydrogen-bond donors (Lipinski definition) is 0. The molecule has 1 fully saturated rings. The monoisotopic (exact) mass is 280 g/mol. The quantitative estimate of drug-likeness (QED) is 0.854. The van der Waals surface area contributed by atoms with Crippen molar-refractivity contribution in [2.75, 3.05) is 12.9 Å². The highest BCUT2D eigenvalue weighted by atomic mass is 32.2. The first kappa shape index (κ1) is 12.5. The number of methoxy groups -OCH3 is 1. The lowest BCUT2D eigenvalue weighted by atomic mass is 10.2.